The molecule has 0 saturated heterocycles. The van der Waals surface area contributed by atoms with Crippen molar-refractivity contribution in [3.8, 4) is 11.4 Å². The summed E-state index contributed by atoms with van der Waals surface area (Å²) < 4.78 is 20.5. The minimum absolute atomic E-state index is 0.170. The van der Waals surface area contributed by atoms with Crippen molar-refractivity contribution in [3.63, 3.8) is 0 Å². The van der Waals surface area contributed by atoms with Gasteiger partial charge in [-0.2, -0.15) is 5.10 Å². The molecule has 0 saturated carbocycles. The number of hydrogen-bond donors (Lipinski definition) is 2. The van der Waals surface area contributed by atoms with E-state index in [4.69, 9.17) is 4.74 Å². The van der Waals surface area contributed by atoms with E-state index in [1.54, 1.807) is 23.9 Å². The van der Waals surface area contributed by atoms with Crippen LogP contribution >= 0.6 is 0 Å². The van der Waals surface area contributed by atoms with E-state index in [9.17, 15) is 4.39 Å². The van der Waals surface area contributed by atoms with Crippen molar-refractivity contribution >= 4 is 5.96 Å². The number of para-hydroxylation sites is 1. The predicted octanol–water partition coefficient (Wildman–Crippen LogP) is 3.24. The molecule has 1 aliphatic rings. The third-order valence-corrected chi connectivity index (χ3v) is 4.90. The number of nitrogens with zero attached hydrogens (tertiary/aromatic N) is 3. The molecule has 1 unspecified atom stereocenters. The fourth-order valence-corrected chi connectivity index (χ4v) is 3.39. The number of aromatic nitrogens is 2. The normalized spacial score (nSPS) is 16.1. The lowest BCUT2D eigenvalue weighted by Gasteiger charge is -2.28. The molecule has 6 nitrogen and oxygen atoms in total. The molecule has 1 aromatic heterocycles. The summed E-state index contributed by atoms with van der Waals surface area (Å²) in [7, 11) is 1.77. The second-order valence-electron chi connectivity index (χ2n) is 6.85. The first-order chi connectivity index (χ1) is 14.2. The van der Waals surface area contributed by atoms with Crippen LogP contribution in [0.5, 0.6) is 5.75 Å². The van der Waals surface area contributed by atoms with Crippen LogP contribution in [0.15, 0.2) is 65.8 Å². The number of halogens is 1. The highest BCUT2D eigenvalue weighted by Gasteiger charge is 2.21. The highest BCUT2D eigenvalue weighted by atomic mass is 19.1. The van der Waals surface area contributed by atoms with Crippen molar-refractivity contribution in [1.29, 1.82) is 0 Å². The van der Waals surface area contributed by atoms with Gasteiger partial charge in [0.25, 0.3) is 0 Å². The SMILES string of the molecule is CN=C(NCCc1ccn(-c2ccc(F)cc2)n1)NC1CCOc2ccccc21. The van der Waals surface area contributed by atoms with E-state index in [1.165, 1.54) is 12.1 Å². The molecule has 0 bridgehead atoms. The van der Waals surface area contributed by atoms with Crippen LogP contribution in [0.3, 0.4) is 0 Å². The molecule has 2 heterocycles. The Hall–Kier alpha value is -3.35. The number of guanidine groups is 1. The Balaban J connectivity index is 1.32. The Morgan fingerprint density at radius 3 is 2.86 bits per heavy atom. The van der Waals surface area contributed by atoms with Gasteiger partial charge in [-0.3, -0.25) is 4.99 Å². The first-order valence-electron chi connectivity index (χ1n) is 9.72. The minimum Gasteiger partial charge on any atom is -0.493 e. The molecule has 2 N–H and O–H groups in total. The Bertz CT molecular complexity index is 983. The summed E-state index contributed by atoms with van der Waals surface area (Å²) in [6.07, 6.45) is 3.52. The first-order valence-corrected chi connectivity index (χ1v) is 9.72. The Morgan fingerprint density at radius 1 is 1.21 bits per heavy atom. The molecule has 0 amide bonds. The van der Waals surface area contributed by atoms with E-state index >= 15 is 0 Å². The monoisotopic (exact) mass is 393 g/mol. The zero-order chi connectivity index (χ0) is 20.1. The summed E-state index contributed by atoms with van der Waals surface area (Å²) in [5.74, 6) is 1.43. The molecule has 0 aliphatic carbocycles. The molecule has 1 aliphatic heterocycles. The molecule has 4 rings (SSSR count). The van der Waals surface area contributed by atoms with Crippen LogP contribution in [0, 0.1) is 5.82 Å². The first kappa shape index (κ1) is 19.0. The van der Waals surface area contributed by atoms with Gasteiger partial charge in [-0.05, 0) is 36.4 Å². The zero-order valence-corrected chi connectivity index (χ0v) is 16.3. The number of nitrogens with one attached hydrogen (secondary N) is 2. The molecule has 7 heteroatoms. The summed E-state index contributed by atoms with van der Waals surface area (Å²) in [6.45, 7) is 1.39. The highest BCUT2D eigenvalue weighted by molar-refractivity contribution is 5.80. The molecule has 0 spiro atoms. The van der Waals surface area contributed by atoms with Crippen molar-refractivity contribution in [1.82, 2.24) is 20.4 Å². The molecule has 150 valence electrons. The number of ether oxygens (including phenoxy) is 1. The number of hydrogen-bond acceptors (Lipinski definition) is 3. The molecule has 2 aromatic carbocycles. The fourth-order valence-electron chi connectivity index (χ4n) is 3.39. The maximum atomic E-state index is 13.1. The number of fused-ring (bicyclic) bond motifs is 1. The van der Waals surface area contributed by atoms with Gasteiger partial charge < -0.3 is 15.4 Å². The Morgan fingerprint density at radius 2 is 2.03 bits per heavy atom. The summed E-state index contributed by atoms with van der Waals surface area (Å²) in [6, 6.07) is 16.5. The third-order valence-electron chi connectivity index (χ3n) is 4.90. The van der Waals surface area contributed by atoms with Gasteiger partial charge in [-0.15, -0.1) is 0 Å². The maximum Gasteiger partial charge on any atom is 0.191 e. The fraction of sp³-hybridized carbons (Fsp3) is 0.273. The second kappa shape index (κ2) is 8.77. The molecule has 0 radical (unpaired) electrons. The van der Waals surface area contributed by atoms with Crippen LogP contribution in [-0.2, 0) is 6.42 Å². The highest BCUT2D eigenvalue weighted by Crippen LogP contribution is 2.31. The van der Waals surface area contributed by atoms with Crippen molar-refractivity contribution < 1.29 is 9.13 Å². The molecular weight excluding hydrogens is 369 g/mol. The molecule has 3 aromatic rings. The van der Waals surface area contributed by atoms with Gasteiger partial charge in [0.1, 0.15) is 11.6 Å². The predicted molar refractivity (Wildman–Crippen MR) is 111 cm³/mol. The third kappa shape index (κ3) is 4.56. The average Bonchev–Trinajstić information content (AvgIpc) is 3.22. The lowest BCUT2D eigenvalue weighted by atomic mass is 10.0. The largest absolute Gasteiger partial charge is 0.493 e. The quantitative estimate of drug-likeness (QED) is 0.516. The second-order valence-corrected chi connectivity index (χ2v) is 6.85. The lowest BCUT2D eigenvalue weighted by molar-refractivity contribution is 0.261. The van der Waals surface area contributed by atoms with Crippen LogP contribution in [0.1, 0.15) is 23.7 Å². The van der Waals surface area contributed by atoms with Gasteiger partial charge in [-0.25, -0.2) is 9.07 Å². The van der Waals surface area contributed by atoms with Crippen molar-refractivity contribution in [3.05, 3.63) is 77.9 Å². The molecule has 1 atom stereocenters. The van der Waals surface area contributed by atoms with Crippen molar-refractivity contribution in [2.45, 2.75) is 18.9 Å². The summed E-state index contributed by atoms with van der Waals surface area (Å²) in [5, 5.41) is 11.4. The lowest BCUT2D eigenvalue weighted by Crippen LogP contribution is -2.41. The van der Waals surface area contributed by atoms with E-state index in [2.05, 4.69) is 26.8 Å². The van der Waals surface area contributed by atoms with Gasteiger partial charge in [0.2, 0.25) is 0 Å². The molecule has 29 heavy (non-hydrogen) atoms. The van der Waals surface area contributed by atoms with Crippen LogP contribution in [0.25, 0.3) is 5.69 Å². The molecular formula is C22H24FN5O. The van der Waals surface area contributed by atoms with Gasteiger partial charge in [0, 0.05) is 38.2 Å². The standard InChI is InChI=1S/C22H24FN5O/c1-24-22(26-20-12-15-29-21-5-3-2-4-19(20)21)25-13-10-17-11-14-28(27-17)18-8-6-16(23)7-9-18/h2-9,11,14,20H,10,12-13,15H2,1H3,(H2,24,25,26). The Kier molecular flexibility index (Phi) is 5.74. The van der Waals surface area contributed by atoms with Crippen molar-refractivity contribution in [2.24, 2.45) is 4.99 Å². The summed E-state index contributed by atoms with van der Waals surface area (Å²) in [5.41, 5.74) is 2.94. The van der Waals surface area contributed by atoms with E-state index in [-0.39, 0.29) is 11.9 Å². The van der Waals surface area contributed by atoms with Gasteiger partial charge >= 0.3 is 0 Å². The topological polar surface area (TPSA) is 63.5 Å². The number of benzene rings is 2. The van der Waals surface area contributed by atoms with E-state index in [1.807, 2.05) is 30.5 Å². The average molecular weight is 393 g/mol. The summed E-state index contributed by atoms with van der Waals surface area (Å²) in [4.78, 5) is 4.34. The number of aliphatic imine (C=N–C) groups is 1. The Labute approximate surface area is 169 Å². The molecule has 0 fully saturated rings. The van der Waals surface area contributed by atoms with Crippen LogP contribution in [0.2, 0.25) is 0 Å². The van der Waals surface area contributed by atoms with Crippen LogP contribution in [-0.4, -0.2) is 35.9 Å². The van der Waals surface area contributed by atoms with Gasteiger partial charge in [0.15, 0.2) is 5.96 Å². The van der Waals surface area contributed by atoms with Crippen LogP contribution < -0.4 is 15.4 Å². The van der Waals surface area contributed by atoms with E-state index in [0.29, 0.717) is 13.2 Å². The van der Waals surface area contributed by atoms with Crippen molar-refractivity contribution in [2.75, 3.05) is 20.2 Å². The number of rotatable bonds is 5. The zero-order valence-electron chi connectivity index (χ0n) is 16.3. The maximum absolute atomic E-state index is 13.1. The van der Waals surface area contributed by atoms with Crippen LogP contribution in [0.4, 0.5) is 4.39 Å². The van der Waals surface area contributed by atoms with Gasteiger partial charge in [0.05, 0.1) is 24.0 Å². The van der Waals surface area contributed by atoms with E-state index < -0.39 is 0 Å². The summed E-state index contributed by atoms with van der Waals surface area (Å²) >= 11 is 0. The van der Waals surface area contributed by atoms with E-state index in [0.717, 1.165) is 41.5 Å². The van der Waals surface area contributed by atoms with Gasteiger partial charge in [-0.1, -0.05) is 18.2 Å². The minimum atomic E-state index is -0.253. The smallest absolute Gasteiger partial charge is 0.191 e.